The third-order valence-corrected chi connectivity index (χ3v) is 5.36. The zero-order valence-corrected chi connectivity index (χ0v) is 17.4. The molecule has 0 saturated heterocycles. The lowest BCUT2D eigenvalue weighted by atomic mass is 10.1. The highest BCUT2D eigenvalue weighted by Gasteiger charge is 2.33. The molecule has 2 aliphatic rings. The number of amides is 2. The van der Waals surface area contributed by atoms with E-state index in [1.165, 1.54) is 4.68 Å². The monoisotopic (exact) mass is 436 g/mol. The molecule has 5 rings (SSSR count). The highest BCUT2D eigenvalue weighted by atomic mass is 16.7. The number of methoxy groups -OCH3 is 2. The van der Waals surface area contributed by atoms with Gasteiger partial charge in [-0.3, -0.25) is 9.59 Å². The Morgan fingerprint density at radius 2 is 1.94 bits per heavy atom. The predicted molar refractivity (Wildman–Crippen MR) is 114 cm³/mol. The number of aromatic nitrogens is 2. The van der Waals surface area contributed by atoms with E-state index in [9.17, 15) is 9.59 Å². The van der Waals surface area contributed by atoms with E-state index in [0.717, 1.165) is 5.56 Å². The number of ether oxygens (including phenoxy) is 4. The lowest BCUT2D eigenvalue weighted by molar-refractivity contribution is -0.125. The fraction of sp³-hybridized carbons (Fsp3) is 0.227. The summed E-state index contributed by atoms with van der Waals surface area (Å²) in [6.45, 7) is 0.144. The van der Waals surface area contributed by atoms with Crippen LogP contribution in [0.15, 0.2) is 42.6 Å². The molecule has 2 aliphatic heterocycles. The van der Waals surface area contributed by atoms with Crippen LogP contribution in [0.2, 0.25) is 0 Å². The minimum absolute atomic E-state index is 0.0313. The number of benzene rings is 2. The molecule has 0 radical (unpaired) electrons. The van der Waals surface area contributed by atoms with E-state index in [1.54, 1.807) is 50.7 Å². The molecule has 10 heteroatoms. The van der Waals surface area contributed by atoms with E-state index < -0.39 is 6.04 Å². The maximum absolute atomic E-state index is 13.0. The van der Waals surface area contributed by atoms with Crippen molar-refractivity contribution in [1.82, 2.24) is 9.78 Å². The minimum Gasteiger partial charge on any atom is -0.493 e. The van der Waals surface area contributed by atoms with Crippen LogP contribution in [0.5, 0.6) is 23.0 Å². The highest BCUT2D eigenvalue weighted by Crippen LogP contribution is 2.39. The zero-order valence-electron chi connectivity index (χ0n) is 17.4. The van der Waals surface area contributed by atoms with Crippen LogP contribution in [-0.4, -0.2) is 42.6 Å². The van der Waals surface area contributed by atoms with Crippen LogP contribution in [0, 0.1) is 0 Å². The summed E-state index contributed by atoms with van der Waals surface area (Å²) in [6, 6.07) is 9.71. The summed E-state index contributed by atoms with van der Waals surface area (Å²) < 4.78 is 22.8. The number of hydrogen-bond acceptors (Lipinski definition) is 7. The van der Waals surface area contributed by atoms with Gasteiger partial charge in [0.05, 0.1) is 26.8 Å². The van der Waals surface area contributed by atoms with E-state index in [0.29, 0.717) is 40.1 Å². The van der Waals surface area contributed by atoms with Gasteiger partial charge in [-0.1, -0.05) is 6.07 Å². The van der Waals surface area contributed by atoms with Crippen molar-refractivity contribution < 1.29 is 28.5 Å². The molecule has 0 fully saturated rings. The van der Waals surface area contributed by atoms with Crippen molar-refractivity contribution >= 4 is 23.3 Å². The Morgan fingerprint density at radius 1 is 1.12 bits per heavy atom. The molecule has 3 heterocycles. The SMILES string of the molecule is COc1ccc(-c2cnn3c2NC(=O)C[C@@H]3C(=O)Nc2ccc3c(c2)OCO3)cc1OC. The Labute approximate surface area is 183 Å². The van der Waals surface area contributed by atoms with E-state index in [-0.39, 0.29) is 25.0 Å². The van der Waals surface area contributed by atoms with Gasteiger partial charge in [-0.2, -0.15) is 5.10 Å². The smallest absolute Gasteiger partial charge is 0.249 e. The van der Waals surface area contributed by atoms with Gasteiger partial charge in [0.2, 0.25) is 18.6 Å². The summed E-state index contributed by atoms with van der Waals surface area (Å²) in [6.07, 6.45) is 1.58. The van der Waals surface area contributed by atoms with Gasteiger partial charge in [0.15, 0.2) is 23.0 Å². The molecule has 0 aliphatic carbocycles. The summed E-state index contributed by atoms with van der Waals surface area (Å²) in [4.78, 5) is 25.5. The Hall–Kier alpha value is -4.21. The maximum atomic E-state index is 13.0. The normalized spacial score (nSPS) is 16.2. The van der Waals surface area contributed by atoms with Crippen molar-refractivity contribution in [3.05, 3.63) is 42.6 Å². The maximum Gasteiger partial charge on any atom is 0.249 e. The van der Waals surface area contributed by atoms with Crippen molar-refractivity contribution in [2.24, 2.45) is 0 Å². The van der Waals surface area contributed by atoms with Crippen LogP contribution >= 0.6 is 0 Å². The fourth-order valence-electron chi connectivity index (χ4n) is 3.79. The van der Waals surface area contributed by atoms with Crippen molar-refractivity contribution in [1.29, 1.82) is 0 Å². The first-order chi connectivity index (χ1) is 15.6. The van der Waals surface area contributed by atoms with Gasteiger partial charge in [0.25, 0.3) is 0 Å². The van der Waals surface area contributed by atoms with E-state index >= 15 is 0 Å². The van der Waals surface area contributed by atoms with Crippen LogP contribution in [-0.2, 0) is 9.59 Å². The minimum atomic E-state index is -0.807. The summed E-state index contributed by atoms with van der Waals surface area (Å²) in [7, 11) is 3.11. The molecule has 0 unspecified atom stereocenters. The second-order valence-corrected chi connectivity index (χ2v) is 7.25. The van der Waals surface area contributed by atoms with Gasteiger partial charge < -0.3 is 29.6 Å². The number of anilines is 2. The number of nitrogens with one attached hydrogen (secondary N) is 2. The first-order valence-electron chi connectivity index (χ1n) is 9.87. The largest absolute Gasteiger partial charge is 0.493 e. The van der Waals surface area contributed by atoms with Crippen LogP contribution in [0.1, 0.15) is 12.5 Å². The van der Waals surface area contributed by atoms with Gasteiger partial charge in [0.1, 0.15) is 11.9 Å². The van der Waals surface area contributed by atoms with Crippen molar-refractivity contribution in [2.75, 3.05) is 31.6 Å². The lowest BCUT2D eigenvalue weighted by Crippen LogP contribution is -2.35. The first-order valence-corrected chi connectivity index (χ1v) is 9.87. The van der Waals surface area contributed by atoms with Crippen molar-refractivity contribution in [3.63, 3.8) is 0 Å². The van der Waals surface area contributed by atoms with Crippen molar-refractivity contribution in [3.8, 4) is 34.1 Å². The second-order valence-electron chi connectivity index (χ2n) is 7.25. The molecule has 2 aromatic carbocycles. The topological polar surface area (TPSA) is 113 Å². The molecule has 2 amide bonds. The van der Waals surface area contributed by atoms with Gasteiger partial charge in [-0.25, -0.2) is 4.68 Å². The summed E-state index contributed by atoms with van der Waals surface area (Å²) in [5.74, 6) is 2.12. The molecule has 1 atom stereocenters. The molecule has 2 N–H and O–H groups in total. The number of carbonyl (C=O) groups is 2. The molecule has 0 saturated carbocycles. The average Bonchev–Trinajstić information content (AvgIpc) is 3.44. The van der Waals surface area contributed by atoms with Crippen LogP contribution in [0.3, 0.4) is 0 Å². The van der Waals surface area contributed by atoms with E-state index in [4.69, 9.17) is 18.9 Å². The van der Waals surface area contributed by atoms with Crippen LogP contribution in [0.25, 0.3) is 11.1 Å². The second kappa shape index (κ2) is 7.80. The molecule has 0 bridgehead atoms. The van der Waals surface area contributed by atoms with Crippen LogP contribution < -0.4 is 29.6 Å². The predicted octanol–water partition coefficient (Wildman–Crippen LogP) is 2.82. The average molecular weight is 436 g/mol. The Morgan fingerprint density at radius 3 is 2.75 bits per heavy atom. The fourth-order valence-corrected chi connectivity index (χ4v) is 3.79. The molecular weight excluding hydrogens is 416 g/mol. The summed E-state index contributed by atoms with van der Waals surface area (Å²) in [5, 5.41) is 10.1. The molecular formula is C22H20N4O6. The molecule has 0 spiro atoms. The first kappa shape index (κ1) is 19.7. The lowest BCUT2D eigenvalue weighted by Gasteiger charge is -2.24. The highest BCUT2D eigenvalue weighted by molar-refractivity contribution is 6.03. The van der Waals surface area contributed by atoms with Gasteiger partial charge in [0, 0.05) is 17.3 Å². The molecule has 3 aromatic rings. The van der Waals surface area contributed by atoms with Gasteiger partial charge in [-0.15, -0.1) is 0 Å². The standard InChI is InChI=1S/C22H20N4O6/c1-29-16-5-3-12(7-18(16)30-2)14-10-23-26-15(9-20(27)25-21(14)26)22(28)24-13-4-6-17-19(8-13)32-11-31-17/h3-8,10,15H,9,11H2,1-2H3,(H,24,28)(H,25,27)/t15-/m1/s1. The molecule has 10 nitrogen and oxygen atoms in total. The van der Waals surface area contributed by atoms with E-state index in [2.05, 4.69) is 15.7 Å². The Kier molecular flexibility index (Phi) is 4.81. The molecule has 1 aromatic heterocycles. The quantitative estimate of drug-likeness (QED) is 0.632. The molecule has 32 heavy (non-hydrogen) atoms. The van der Waals surface area contributed by atoms with Crippen LogP contribution in [0.4, 0.5) is 11.5 Å². The Bertz CT molecular complexity index is 1220. The van der Waals surface area contributed by atoms with E-state index in [1.807, 2.05) is 6.07 Å². The number of fused-ring (bicyclic) bond motifs is 2. The summed E-state index contributed by atoms with van der Waals surface area (Å²) >= 11 is 0. The van der Waals surface area contributed by atoms with Gasteiger partial charge in [-0.05, 0) is 29.8 Å². The third-order valence-electron chi connectivity index (χ3n) is 5.36. The number of rotatable bonds is 5. The van der Waals surface area contributed by atoms with Crippen molar-refractivity contribution in [2.45, 2.75) is 12.5 Å². The zero-order chi connectivity index (χ0) is 22.2. The molecule has 164 valence electrons. The van der Waals surface area contributed by atoms with Gasteiger partial charge >= 0.3 is 0 Å². The number of carbonyl (C=O) groups excluding carboxylic acids is 2. The third kappa shape index (κ3) is 3.35. The Balaban J connectivity index is 1.45. The number of hydrogen-bond donors (Lipinski definition) is 2. The summed E-state index contributed by atoms with van der Waals surface area (Å²) in [5.41, 5.74) is 1.97. The number of nitrogens with zero attached hydrogens (tertiary/aromatic N) is 2.